The summed E-state index contributed by atoms with van der Waals surface area (Å²) in [5.74, 6) is -0.0153. The lowest BCUT2D eigenvalue weighted by Crippen LogP contribution is -2.46. The van der Waals surface area contributed by atoms with E-state index in [1.165, 1.54) is 0 Å². The largest absolute Gasteiger partial charge is 0.337 e. The molecule has 3 amide bonds. The number of piperidine rings is 1. The number of aromatic nitrogens is 1. The summed E-state index contributed by atoms with van der Waals surface area (Å²) in [6.07, 6.45) is 1.80. The summed E-state index contributed by atoms with van der Waals surface area (Å²) >= 11 is 6.27. The summed E-state index contributed by atoms with van der Waals surface area (Å²) in [6.45, 7) is 4.67. The van der Waals surface area contributed by atoms with Gasteiger partial charge in [-0.25, -0.2) is 4.79 Å². The molecule has 3 aromatic rings. The summed E-state index contributed by atoms with van der Waals surface area (Å²) < 4.78 is 0. The molecule has 0 spiro atoms. The number of nitrogens with zero attached hydrogens (tertiary/aromatic N) is 3. The molecule has 8 heteroatoms. The summed E-state index contributed by atoms with van der Waals surface area (Å²) in [5.41, 5.74) is 3.17. The average Bonchev–Trinajstić information content (AvgIpc) is 2.83. The first-order valence-electron chi connectivity index (χ1n) is 11.6. The number of carbonyl (C=O) groups is 2. The maximum Gasteiger partial charge on any atom is 0.319 e. The van der Waals surface area contributed by atoms with Crippen LogP contribution in [0.4, 0.5) is 16.2 Å². The Morgan fingerprint density at radius 3 is 2.76 bits per heavy atom. The van der Waals surface area contributed by atoms with Gasteiger partial charge in [0.2, 0.25) is 5.91 Å². The number of benzene rings is 2. The Morgan fingerprint density at radius 2 is 1.94 bits per heavy atom. The van der Waals surface area contributed by atoms with Crippen LogP contribution in [0.25, 0.3) is 10.9 Å². The van der Waals surface area contributed by atoms with Crippen molar-refractivity contribution in [2.75, 3.05) is 43.4 Å². The van der Waals surface area contributed by atoms with Crippen LogP contribution in [0, 0.1) is 12.8 Å². The zero-order valence-electron chi connectivity index (χ0n) is 19.6. The molecular formula is C26H30ClN5O2. The lowest BCUT2D eigenvalue weighted by Gasteiger charge is -2.34. The first-order chi connectivity index (χ1) is 16.4. The molecule has 0 saturated carbocycles. The van der Waals surface area contributed by atoms with E-state index in [4.69, 9.17) is 11.6 Å². The lowest BCUT2D eigenvalue weighted by atomic mass is 9.96. The van der Waals surface area contributed by atoms with Crippen LogP contribution in [0.3, 0.4) is 0 Å². The number of hydrogen-bond donors (Lipinski definition) is 2. The van der Waals surface area contributed by atoms with Crippen molar-refractivity contribution < 1.29 is 9.59 Å². The van der Waals surface area contributed by atoms with E-state index in [2.05, 4.69) is 20.5 Å². The van der Waals surface area contributed by atoms with Crippen LogP contribution in [0.5, 0.6) is 0 Å². The van der Waals surface area contributed by atoms with E-state index in [1.807, 2.05) is 55.5 Å². The van der Waals surface area contributed by atoms with Crippen molar-refractivity contribution in [3.63, 3.8) is 0 Å². The molecule has 0 radical (unpaired) electrons. The average molecular weight is 480 g/mol. The highest BCUT2D eigenvalue weighted by Crippen LogP contribution is 2.27. The highest BCUT2D eigenvalue weighted by Gasteiger charge is 2.29. The highest BCUT2D eigenvalue weighted by atomic mass is 35.5. The number of anilines is 2. The molecule has 1 aliphatic rings. The highest BCUT2D eigenvalue weighted by molar-refractivity contribution is 6.33. The molecule has 1 atom stereocenters. The van der Waals surface area contributed by atoms with E-state index in [0.29, 0.717) is 24.7 Å². The van der Waals surface area contributed by atoms with E-state index >= 15 is 0 Å². The Bertz CT molecular complexity index is 1180. The third-order valence-corrected chi connectivity index (χ3v) is 6.52. The van der Waals surface area contributed by atoms with Gasteiger partial charge >= 0.3 is 6.03 Å². The molecule has 1 aliphatic heterocycles. The van der Waals surface area contributed by atoms with E-state index in [0.717, 1.165) is 47.4 Å². The number of aryl methyl sites for hydroxylation is 1. The van der Waals surface area contributed by atoms with Gasteiger partial charge in [0.1, 0.15) is 0 Å². The van der Waals surface area contributed by atoms with Gasteiger partial charge < -0.3 is 20.4 Å². The fraction of sp³-hybridized carbons (Fsp3) is 0.346. The predicted octanol–water partition coefficient (Wildman–Crippen LogP) is 4.69. The fourth-order valence-electron chi connectivity index (χ4n) is 4.48. The van der Waals surface area contributed by atoms with Crippen LogP contribution in [0.15, 0.2) is 54.6 Å². The number of rotatable bonds is 6. The maximum atomic E-state index is 13.1. The molecule has 1 fully saturated rings. The molecule has 178 valence electrons. The standard InChI is InChI=1S/C26H30ClN5O2/c1-18-16-23(20-9-3-5-11-22(20)29-18)30-26(34)28-13-15-32-14-7-8-19(17-32)25(33)31(2)24-12-6-4-10-21(24)27/h3-6,9-12,16,19H,7-8,13-15,17H2,1-2H3,(H2,28,29,30,34). The SMILES string of the molecule is Cc1cc(NC(=O)NCCN2CCCC(C(=O)N(C)c3ccccc3Cl)C2)c2ccccc2n1. The summed E-state index contributed by atoms with van der Waals surface area (Å²) in [4.78, 5) is 34.0. The molecule has 1 unspecified atom stereocenters. The van der Waals surface area contributed by atoms with Crippen molar-refractivity contribution in [3.05, 3.63) is 65.3 Å². The summed E-state index contributed by atoms with van der Waals surface area (Å²) in [6, 6.07) is 16.7. The Balaban J connectivity index is 1.28. The lowest BCUT2D eigenvalue weighted by molar-refractivity contribution is -0.123. The van der Waals surface area contributed by atoms with E-state index < -0.39 is 0 Å². The maximum absolute atomic E-state index is 13.1. The zero-order chi connectivity index (χ0) is 24.1. The number of fused-ring (bicyclic) bond motifs is 1. The third-order valence-electron chi connectivity index (χ3n) is 6.21. The first kappa shape index (κ1) is 24.0. The third kappa shape index (κ3) is 5.66. The molecule has 2 aromatic carbocycles. The number of nitrogens with one attached hydrogen (secondary N) is 2. The Hall–Kier alpha value is -3.16. The van der Waals surface area contributed by atoms with Crippen molar-refractivity contribution in [1.82, 2.24) is 15.2 Å². The molecule has 2 heterocycles. The number of halogens is 1. The minimum atomic E-state index is -0.251. The smallest absolute Gasteiger partial charge is 0.319 e. The fourth-order valence-corrected chi connectivity index (χ4v) is 4.74. The van der Waals surface area contributed by atoms with Crippen LogP contribution in [0.2, 0.25) is 5.02 Å². The second-order valence-electron chi connectivity index (χ2n) is 8.70. The molecular weight excluding hydrogens is 450 g/mol. The summed E-state index contributed by atoms with van der Waals surface area (Å²) in [5, 5.41) is 7.36. The van der Waals surface area contributed by atoms with E-state index in [9.17, 15) is 9.59 Å². The number of pyridine rings is 1. The van der Waals surface area contributed by atoms with Gasteiger partial charge in [0.15, 0.2) is 0 Å². The van der Waals surface area contributed by atoms with Crippen LogP contribution < -0.4 is 15.5 Å². The second-order valence-corrected chi connectivity index (χ2v) is 9.10. The molecule has 2 N–H and O–H groups in total. The van der Waals surface area contributed by atoms with Crippen LogP contribution in [-0.2, 0) is 4.79 Å². The van der Waals surface area contributed by atoms with Crippen molar-refractivity contribution >= 4 is 45.8 Å². The van der Waals surface area contributed by atoms with Gasteiger partial charge in [0.25, 0.3) is 0 Å². The number of para-hydroxylation sites is 2. The number of urea groups is 1. The van der Waals surface area contributed by atoms with Crippen LogP contribution >= 0.6 is 11.6 Å². The van der Waals surface area contributed by atoms with Crippen molar-refractivity contribution in [1.29, 1.82) is 0 Å². The van der Waals surface area contributed by atoms with Gasteiger partial charge in [0, 0.05) is 37.8 Å². The van der Waals surface area contributed by atoms with Gasteiger partial charge in [0.05, 0.1) is 27.8 Å². The molecule has 34 heavy (non-hydrogen) atoms. The van der Waals surface area contributed by atoms with Gasteiger partial charge in [-0.1, -0.05) is 41.9 Å². The van der Waals surface area contributed by atoms with Crippen molar-refractivity contribution in [3.8, 4) is 0 Å². The second kappa shape index (κ2) is 10.8. The van der Waals surface area contributed by atoms with E-state index in [-0.39, 0.29) is 17.9 Å². The minimum absolute atomic E-state index is 0.0726. The monoisotopic (exact) mass is 479 g/mol. The molecule has 0 bridgehead atoms. The number of hydrogen-bond acceptors (Lipinski definition) is 4. The number of likely N-dealkylation sites (tertiary alicyclic amines) is 1. The Morgan fingerprint density at radius 1 is 1.18 bits per heavy atom. The van der Waals surface area contributed by atoms with Gasteiger partial charge in [-0.05, 0) is 50.6 Å². The molecule has 7 nitrogen and oxygen atoms in total. The molecule has 0 aliphatic carbocycles. The van der Waals surface area contributed by atoms with Gasteiger partial charge in [-0.3, -0.25) is 9.78 Å². The summed E-state index contributed by atoms with van der Waals surface area (Å²) in [7, 11) is 1.78. The minimum Gasteiger partial charge on any atom is -0.337 e. The normalized spacial score (nSPS) is 16.3. The van der Waals surface area contributed by atoms with Crippen molar-refractivity contribution in [2.45, 2.75) is 19.8 Å². The van der Waals surface area contributed by atoms with Gasteiger partial charge in [-0.2, -0.15) is 0 Å². The zero-order valence-corrected chi connectivity index (χ0v) is 20.3. The molecule has 1 saturated heterocycles. The Kier molecular flexibility index (Phi) is 7.65. The van der Waals surface area contributed by atoms with Crippen molar-refractivity contribution in [2.24, 2.45) is 5.92 Å². The van der Waals surface area contributed by atoms with E-state index in [1.54, 1.807) is 18.0 Å². The molecule has 4 rings (SSSR count). The number of carbonyl (C=O) groups excluding carboxylic acids is 2. The Labute approximate surface area is 205 Å². The van der Waals surface area contributed by atoms with Crippen LogP contribution in [-0.4, -0.2) is 55.0 Å². The first-order valence-corrected chi connectivity index (χ1v) is 12.0. The van der Waals surface area contributed by atoms with Gasteiger partial charge in [-0.15, -0.1) is 0 Å². The molecule has 1 aromatic heterocycles. The predicted molar refractivity (Wildman–Crippen MR) is 138 cm³/mol. The van der Waals surface area contributed by atoms with Crippen LogP contribution in [0.1, 0.15) is 18.5 Å². The number of amides is 3. The quantitative estimate of drug-likeness (QED) is 0.537. The topological polar surface area (TPSA) is 77.6 Å².